The number of nitrogens with one attached hydrogen (secondary N) is 1. The summed E-state index contributed by atoms with van der Waals surface area (Å²) < 4.78 is 14.1. The number of fused-ring (bicyclic) bond motifs is 1. The lowest BCUT2D eigenvalue weighted by atomic mass is 10.0. The van der Waals surface area contributed by atoms with E-state index in [-0.39, 0.29) is 27.9 Å². The van der Waals surface area contributed by atoms with Gasteiger partial charge in [0.15, 0.2) is 6.10 Å². The highest BCUT2D eigenvalue weighted by atomic mass is 32.2. The summed E-state index contributed by atoms with van der Waals surface area (Å²) in [5, 5.41) is 41.5. The molecule has 1 fully saturated rings. The fraction of sp³-hybridized carbons (Fsp3) is 0.316. The highest BCUT2D eigenvalue weighted by Gasteiger charge is 2.54. The Morgan fingerprint density at radius 1 is 1.26 bits per heavy atom. The first-order chi connectivity index (χ1) is 16.7. The zero-order chi connectivity index (χ0) is 25.3. The molecule has 2 aromatic rings. The number of rotatable bonds is 9. The maximum atomic E-state index is 13.1. The van der Waals surface area contributed by atoms with Crippen LogP contribution in [0.5, 0.6) is 0 Å². The number of aliphatic hydroxyl groups is 1. The average molecular weight is 525 g/mol. The summed E-state index contributed by atoms with van der Waals surface area (Å²) >= 11 is 2.26. The minimum Gasteiger partial charge on any atom is -0.480 e. The molecule has 13 nitrogen and oxygen atoms in total. The molecule has 2 amide bonds. The Bertz CT molecular complexity index is 1220. The molecule has 35 heavy (non-hydrogen) atoms. The second-order valence-electron chi connectivity index (χ2n) is 7.41. The monoisotopic (exact) mass is 524 g/mol. The molecule has 1 aromatic heterocycles. The number of thioether (sulfide) groups is 2. The number of carboxylic acid groups (broad SMARTS) is 2. The molecule has 4 rings (SSSR count). The Morgan fingerprint density at radius 3 is 2.63 bits per heavy atom. The van der Waals surface area contributed by atoms with Gasteiger partial charge in [-0.05, 0) is 33.7 Å². The molecule has 4 N–H and O–H groups in total. The van der Waals surface area contributed by atoms with Crippen molar-refractivity contribution in [2.24, 2.45) is 0 Å². The van der Waals surface area contributed by atoms with Gasteiger partial charge in [0, 0.05) is 11.5 Å². The van der Waals surface area contributed by atoms with E-state index in [4.69, 9.17) is 5.11 Å². The van der Waals surface area contributed by atoms with Crippen molar-refractivity contribution in [3.05, 3.63) is 46.9 Å². The number of hydrogen-bond acceptors (Lipinski definition) is 10. The van der Waals surface area contributed by atoms with Gasteiger partial charge in [0.05, 0.1) is 0 Å². The normalized spacial score (nSPS) is 20.2. The number of β-lactam (4-membered cyclic amide) rings is 1. The number of carbonyl (C=O) groups excluding carboxylic acids is 2. The average Bonchev–Trinajstić information content (AvgIpc) is 3.26. The van der Waals surface area contributed by atoms with Crippen LogP contribution in [-0.4, -0.2) is 87.1 Å². The SMILES string of the molecule is O=C(O)Cn1nnnc1SCC1=C(C(=O)O)N2C(=O)C(NC(=O)[C@H](O)c3ccc(F)cc3)[C@H]2SC1. The number of tetrazole rings is 1. The van der Waals surface area contributed by atoms with Gasteiger partial charge in [-0.1, -0.05) is 23.9 Å². The molecule has 1 saturated heterocycles. The lowest BCUT2D eigenvalue weighted by Crippen LogP contribution is -2.70. The Hall–Kier alpha value is -3.50. The number of amides is 2. The topological polar surface area (TPSA) is 188 Å². The third-order valence-corrected chi connectivity index (χ3v) is 7.52. The van der Waals surface area contributed by atoms with Gasteiger partial charge in [-0.25, -0.2) is 13.9 Å². The summed E-state index contributed by atoms with van der Waals surface area (Å²) in [4.78, 5) is 49.2. The molecule has 1 unspecified atom stereocenters. The van der Waals surface area contributed by atoms with Gasteiger partial charge in [0.2, 0.25) is 5.16 Å². The van der Waals surface area contributed by atoms with Gasteiger partial charge in [-0.3, -0.25) is 19.3 Å². The predicted molar refractivity (Wildman–Crippen MR) is 117 cm³/mol. The number of aliphatic carboxylic acids is 2. The summed E-state index contributed by atoms with van der Waals surface area (Å²) in [6.45, 7) is -0.466. The smallest absolute Gasteiger partial charge is 0.352 e. The van der Waals surface area contributed by atoms with Crippen LogP contribution in [0.15, 0.2) is 40.7 Å². The quantitative estimate of drug-likeness (QED) is 0.243. The Labute approximate surface area is 204 Å². The highest BCUT2D eigenvalue weighted by molar-refractivity contribution is 8.01. The van der Waals surface area contributed by atoms with Crippen molar-refractivity contribution in [2.75, 3.05) is 11.5 Å². The Balaban J connectivity index is 1.45. The minimum atomic E-state index is -1.63. The van der Waals surface area contributed by atoms with Crippen molar-refractivity contribution in [3.63, 3.8) is 0 Å². The van der Waals surface area contributed by atoms with Crippen molar-refractivity contribution < 1.29 is 38.9 Å². The van der Waals surface area contributed by atoms with E-state index in [1.54, 1.807) is 0 Å². The number of carboxylic acids is 2. The fourth-order valence-corrected chi connectivity index (χ4v) is 5.86. The van der Waals surface area contributed by atoms with E-state index in [9.17, 15) is 33.8 Å². The second kappa shape index (κ2) is 10.0. The molecular formula is C19H17FN6O7S2. The first kappa shape index (κ1) is 24.6. The van der Waals surface area contributed by atoms with E-state index in [0.29, 0.717) is 5.57 Å². The van der Waals surface area contributed by atoms with Gasteiger partial charge in [-0.15, -0.1) is 16.9 Å². The van der Waals surface area contributed by atoms with E-state index in [1.807, 2.05) is 0 Å². The molecule has 16 heteroatoms. The first-order valence-corrected chi connectivity index (χ1v) is 12.0. The predicted octanol–water partition coefficient (Wildman–Crippen LogP) is -0.539. The lowest BCUT2D eigenvalue weighted by molar-refractivity contribution is -0.151. The van der Waals surface area contributed by atoms with Crippen molar-refractivity contribution in [1.82, 2.24) is 30.4 Å². The first-order valence-electron chi connectivity index (χ1n) is 9.92. The minimum absolute atomic E-state index is 0.0887. The maximum absolute atomic E-state index is 13.1. The zero-order valence-corrected chi connectivity index (χ0v) is 19.2. The molecule has 184 valence electrons. The van der Waals surface area contributed by atoms with Gasteiger partial charge in [0.1, 0.15) is 29.5 Å². The Morgan fingerprint density at radius 2 is 1.97 bits per heavy atom. The molecule has 3 atom stereocenters. The molecule has 0 radical (unpaired) electrons. The van der Waals surface area contributed by atoms with Crippen LogP contribution in [0, 0.1) is 5.82 Å². The summed E-state index contributed by atoms with van der Waals surface area (Å²) in [6.07, 6.45) is -1.63. The standard InChI is InChI=1S/C19H17FN6O7S2/c20-10-3-1-8(2-4-10)14(29)15(30)21-12-16(31)26-13(18(32)33)9(6-34-17(12)26)7-35-19-22-23-24-25(19)5-11(27)28/h1-4,12,14,17,29H,5-7H2,(H,21,30)(H,27,28)(H,32,33)/t12?,14-,17-/m1/s1. The summed E-state index contributed by atoms with van der Waals surface area (Å²) in [7, 11) is 0. The van der Waals surface area contributed by atoms with Gasteiger partial charge < -0.3 is 20.6 Å². The van der Waals surface area contributed by atoms with Gasteiger partial charge in [-0.2, -0.15) is 0 Å². The fourth-order valence-electron chi connectivity index (χ4n) is 3.50. The molecule has 1 aromatic carbocycles. The van der Waals surface area contributed by atoms with Crippen LogP contribution in [0.1, 0.15) is 11.7 Å². The summed E-state index contributed by atoms with van der Waals surface area (Å²) in [6, 6.07) is 3.61. The number of aromatic nitrogens is 4. The molecule has 3 heterocycles. The van der Waals surface area contributed by atoms with Crippen molar-refractivity contribution in [1.29, 1.82) is 0 Å². The van der Waals surface area contributed by atoms with Crippen LogP contribution in [0.2, 0.25) is 0 Å². The van der Waals surface area contributed by atoms with Crippen molar-refractivity contribution >= 4 is 47.3 Å². The summed E-state index contributed by atoms with van der Waals surface area (Å²) in [5.41, 5.74) is 0.311. The third kappa shape index (κ3) is 4.98. The van der Waals surface area contributed by atoms with Crippen molar-refractivity contribution in [2.45, 2.75) is 29.2 Å². The third-order valence-electron chi connectivity index (χ3n) is 5.14. The number of halogens is 1. The molecule has 0 bridgehead atoms. The molecular weight excluding hydrogens is 507 g/mol. The van der Waals surface area contributed by atoms with Gasteiger partial charge >= 0.3 is 11.9 Å². The van der Waals surface area contributed by atoms with E-state index in [2.05, 4.69) is 20.8 Å². The summed E-state index contributed by atoms with van der Waals surface area (Å²) in [5.74, 6) is -4.24. The van der Waals surface area contributed by atoms with Crippen LogP contribution >= 0.6 is 23.5 Å². The largest absolute Gasteiger partial charge is 0.480 e. The van der Waals surface area contributed by atoms with Crippen LogP contribution in [-0.2, 0) is 25.7 Å². The van der Waals surface area contributed by atoms with E-state index in [0.717, 1.165) is 33.5 Å². The van der Waals surface area contributed by atoms with Crippen LogP contribution in [0.25, 0.3) is 0 Å². The zero-order valence-electron chi connectivity index (χ0n) is 17.6. The molecule has 0 saturated carbocycles. The van der Waals surface area contributed by atoms with Crippen molar-refractivity contribution in [3.8, 4) is 0 Å². The molecule has 0 aliphatic carbocycles. The highest BCUT2D eigenvalue weighted by Crippen LogP contribution is 2.41. The molecule has 0 spiro atoms. The van der Waals surface area contributed by atoms with Crippen LogP contribution in [0.3, 0.4) is 0 Å². The van der Waals surface area contributed by atoms with Crippen LogP contribution < -0.4 is 5.32 Å². The lowest BCUT2D eigenvalue weighted by Gasteiger charge is -2.49. The molecule has 2 aliphatic rings. The maximum Gasteiger partial charge on any atom is 0.352 e. The van der Waals surface area contributed by atoms with Crippen LogP contribution in [0.4, 0.5) is 4.39 Å². The van der Waals surface area contributed by atoms with E-state index < -0.39 is 53.6 Å². The second-order valence-corrected chi connectivity index (χ2v) is 9.46. The number of hydrogen-bond donors (Lipinski definition) is 4. The van der Waals surface area contributed by atoms with E-state index in [1.165, 1.54) is 23.9 Å². The number of carbonyl (C=O) groups is 4. The molecule has 2 aliphatic heterocycles. The van der Waals surface area contributed by atoms with E-state index >= 15 is 0 Å². The number of nitrogens with zero attached hydrogens (tertiary/aromatic N) is 5. The number of aliphatic hydroxyl groups excluding tert-OH is 1. The van der Waals surface area contributed by atoms with Gasteiger partial charge in [0.25, 0.3) is 11.8 Å². The Kier molecular flexibility index (Phi) is 7.04. The number of benzene rings is 1.